The molecule has 1 saturated heterocycles. The highest BCUT2D eigenvalue weighted by molar-refractivity contribution is 5.78. The number of aliphatic hydroxyl groups is 1. The van der Waals surface area contributed by atoms with Gasteiger partial charge in [0.1, 0.15) is 0 Å². The van der Waals surface area contributed by atoms with Crippen molar-refractivity contribution in [3.8, 4) is 0 Å². The molecule has 1 aliphatic heterocycles. The molecular weight excluding hydrogens is 321 g/mol. The number of hydrogen-bond donors (Lipinski definition) is 2. The summed E-state index contributed by atoms with van der Waals surface area (Å²) in [5.74, 6) is -1.55. The molecule has 0 aromatic heterocycles. The van der Waals surface area contributed by atoms with E-state index in [0.29, 0.717) is 0 Å². The fraction of sp³-hybridized carbons (Fsp3) is 0.588. The van der Waals surface area contributed by atoms with Crippen LogP contribution in [0.4, 0.5) is 13.2 Å². The topological polar surface area (TPSA) is 52.6 Å². The van der Waals surface area contributed by atoms with Gasteiger partial charge in [-0.3, -0.25) is 9.69 Å². The molecule has 1 fully saturated rings. The minimum absolute atomic E-state index is 0.0304. The average Bonchev–Trinajstić information content (AvgIpc) is 2.53. The lowest BCUT2D eigenvalue weighted by Gasteiger charge is -2.32. The van der Waals surface area contributed by atoms with Crippen LogP contribution in [-0.2, 0) is 4.79 Å². The Balaban J connectivity index is 1.74. The Bertz CT molecular complexity index is 555. The SMILES string of the molecule is Cc1ccccc1[C@@H](O)CNC(=O)CN1CCC(C(F)(F)F)CC1. The predicted octanol–water partition coefficient (Wildman–Crippen LogP) is 2.42. The maximum absolute atomic E-state index is 12.6. The van der Waals surface area contributed by atoms with Crippen molar-refractivity contribution < 1.29 is 23.1 Å². The lowest BCUT2D eigenvalue weighted by atomic mass is 9.96. The number of nitrogens with one attached hydrogen (secondary N) is 1. The normalized spacial score (nSPS) is 18.4. The third-order valence-corrected chi connectivity index (χ3v) is 4.46. The second kappa shape index (κ2) is 7.98. The van der Waals surface area contributed by atoms with Crippen LogP contribution in [0.2, 0.25) is 0 Å². The minimum atomic E-state index is -4.15. The quantitative estimate of drug-likeness (QED) is 0.863. The van der Waals surface area contributed by atoms with Gasteiger partial charge in [-0.15, -0.1) is 0 Å². The molecule has 0 saturated carbocycles. The summed E-state index contributed by atoms with van der Waals surface area (Å²) in [6.07, 6.45) is -4.89. The molecule has 1 atom stereocenters. The molecule has 24 heavy (non-hydrogen) atoms. The van der Waals surface area contributed by atoms with Crippen molar-refractivity contribution >= 4 is 5.91 Å². The Hall–Kier alpha value is -1.60. The summed E-state index contributed by atoms with van der Waals surface area (Å²) in [7, 11) is 0. The van der Waals surface area contributed by atoms with Gasteiger partial charge < -0.3 is 10.4 Å². The zero-order valence-electron chi connectivity index (χ0n) is 13.6. The van der Waals surface area contributed by atoms with E-state index in [1.54, 1.807) is 11.0 Å². The van der Waals surface area contributed by atoms with Crippen LogP contribution in [0.1, 0.15) is 30.1 Å². The molecule has 0 bridgehead atoms. The first-order valence-corrected chi connectivity index (χ1v) is 8.06. The molecule has 1 aromatic rings. The number of benzene rings is 1. The van der Waals surface area contributed by atoms with Crippen LogP contribution in [0.5, 0.6) is 0 Å². The van der Waals surface area contributed by atoms with Gasteiger partial charge in [-0.2, -0.15) is 13.2 Å². The largest absolute Gasteiger partial charge is 0.391 e. The van der Waals surface area contributed by atoms with E-state index in [1.165, 1.54) is 0 Å². The molecule has 0 radical (unpaired) electrons. The van der Waals surface area contributed by atoms with Crippen LogP contribution < -0.4 is 5.32 Å². The van der Waals surface area contributed by atoms with Gasteiger partial charge in [0.05, 0.1) is 18.6 Å². The Morgan fingerprint density at radius 2 is 1.96 bits per heavy atom. The molecule has 134 valence electrons. The van der Waals surface area contributed by atoms with Gasteiger partial charge in [0.15, 0.2) is 0 Å². The summed E-state index contributed by atoms with van der Waals surface area (Å²) < 4.78 is 37.8. The summed E-state index contributed by atoms with van der Waals surface area (Å²) in [6.45, 7) is 2.55. The molecular formula is C17H23F3N2O2. The molecule has 1 amide bonds. The fourth-order valence-corrected chi connectivity index (χ4v) is 2.96. The van der Waals surface area contributed by atoms with Crippen molar-refractivity contribution in [3.63, 3.8) is 0 Å². The first-order valence-electron chi connectivity index (χ1n) is 8.06. The van der Waals surface area contributed by atoms with Gasteiger partial charge in [-0.25, -0.2) is 0 Å². The molecule has 1 aliphatic rings. The Morgan fingerprint density at radius 1 is 1.33 bits per heavy atom. The molecule has 2 N–H and O–H groups in total. The van der Waals surface area contributed by atoms with E-state index >= 15 is 0 Å². The van der Waals surface area contributed by atoms with E-state index < -0.39 is 18.2 Å². The average molecular weight is 344 g/mol. The Kier molecular flexibility index (Phi) is 6.23. The van der Waals surface area contributed by atoms with Crippen molar-refractivity contribution in [2.24, 2.45) is 5.92 Å². The van der Waals surface area contributed by atoms with Crippen molar-refractivity contribution in [1.82, 2.24) is 10.2 Å². The zero-order valence-corrected chi connectivity index (χ0v) is 13.6. The maximum atomic E-state index is 12.6. The summed E-state index contributed by atoms with van der Waals surface area (Å²) in [4.78, 5) is 13.6. The third-order valence-electron chi connectivity index (χ3n) is 4.46. The molecule has 1 heterocycles. The number of alkyl halides is 3. The van der Waals surface area contributed by atoms with Crippen molar-refractivity contribution in [3.05, 3.63) is 35.4 Å². The number of piperidine rings is 1. The molecule has 0 unspecified atom stereocenters. The second-order valence-corrected chi connectivity index (χ2v) is 6.27. The predicted molar refractivity (Wildman–Crippen MR) is 84.4 cm³/mol. The van der Waals surface area contributed by atoms with Crippen LogP contribution in [0.3, 0.4) is 0 Å². The molecule has 0 aliphatic carbocycles. The van der Waals surface area contributed by atoms with Gasteiger partial charge >= 0.3 is 6.18 Å². The second-order valence-electron chi connectivity index (χ2n) is 6.27. The number of amides is 1. The minimum Gasteiger partial charge on any atom is -0.387 e. The smallest absolute Gasteiger partial charge is 0.387 e. The molecule has 1 aromatic carbocycles. The van der Waals surface area contributed by atoms with Gasteiger partial charge in [-0.05, 0) is 44.0 Å². The third kappa shape index (κ3) is 5.21. The fourth-order valence-electron chi connectivity index (χ4n) is 2.96. The first-order chi connectivity index (χ1) is 11.3. The van der Waals surface area contributed by atoms with Crippen LogP contribution in [0.25, 0.3) is 0 Å². The lowest BCUT2D eigenvalue weighted by Crippen LogP contribution is -2.44. The molecule has 0 spiro atoms. The van der Waals surface area contributed by atoms with Crippen LogP contribution in [-0.4, -0.2) is 48.3 Å². The Labute approximate surface area is 139 Å². The number of carbonyl (C=O) groups excluding carboxylic acids is 1. The number of likely N-dealkylation sites (tertiary alicyclic amines) is 1. The summed E-state index contributed by atoms with van der Waals surface area (Å²) in [6, 6.07) is 7.37. The van der Waals surface area contributed by atoms with Gasteiger partial charge in [-0.1, -0.05) is 24.3 Å². The van der Waals surface area contributed by atoms with Crippen LogP contribution >= 0.6 is 0 Å². The highest BCUT2D eigenvalue weighted by Crippen LogP contribution is 2.33. The van der Waals surface area contributed by atoms with Gasteiger partial charge in [0.25, 0.3) is 0 Å². The highest BCUT2D eigenvalue weighted by atomic mass is 19.4. The van der Waals surface area contributed by atoms with E-state index in [4.69, 9.17) is 0 Å². The lowest BCUT2D eigenvalue weighted by molar-refractivity contribution is -0.185. The van der Waals surface area contributed by atoms with Gasteiger partial charge in [0, 0.05) is 6.54 Å². The van der Waals surface area contributed by atoms with Crippen molar-refractivity contribution in [1.29, 1.82) is 0 Å². The monoisotopic (exact) mass is 344 g/mol. The van der Waals surface area contributed by atoms with E-state index in [2.05, 4.69) is 5.32 Å². The van der Waals surface area contributed by atoms with E-state index in [9.17, 15) is 23.1 Å². The van der Waals surface area contributed by atoms with Gasteiger partial charge in [0.2, 0.25) is 5.91 Å². The standard InChI is InChI=1S/C17H23F3N2O2/c1-12-4-2-3-5-14(12)15(23)10-21-16(24)11-22-8-6-13(7-9-22)17(18,19)20/h2-5,13,15,23H,6-11H2,1H3,(H,21,24)/t15-/m0/s1. The van der Waals surface area contributed by atoms with Crippen molar-refractivity contribution in [2.45, 2.75) is 32.0 Å². The number of aryl methyl sites for hydroxylation is 1. The summed E-state index contributed by atoms with van der Waals surface area (Å²) in [5.41, 5.74) is 1.69. The first kappa shape index (κ1) is 18.7. The highest BCUT2D eigenvalue weighted by Gasteiger charge is 2.41. The molecule has 2 rings (SSSR count). The van der Waals surface area contributed by atoms with Crippen LogP contribution in [0, 0.1) is 12.8 Å². The van der Waals surface area contributed by atoms with E-state index in [0.717, 1.165) is 11.1 Å². The number of aliphatic hydroxyl groups excluding tert-OH is 1. The van der Waals surface area contributed by atoms with Crippen molar-refractivity contribution in [2.75, 3.05) is 26.2 Å². The van der Waals surface area contributed by atoms with E-state index in [1.807, 2.05) is 25.1 Å². The van der Waals surface area contributed by atoms with Crippen LogP contribution in [0.15, 0.2) is 24.3 Å². The Morgan fingerprint density at radius 3 is 2.54 bits per heavy atom. The molecule has 7 heteroatoms. The maximum Gasteiger partial charge on any atom is 0.391 e. The number of nitrogens with zero attached hydrogens (tertiary/aromatic N) is 1. The van der Waals surface area contributed by atoms with E-state index in [-0.39, 0.29) is 44.9 Å². The summed E-state index contributed by atoms with van der Waals surface area (Å²) >= 11 is 0. The number of hydrogen-bond acceptors (Lipinski definition) is 3. The summed E-state index contributed by atoms with van der Waals surface area (Å²) in [5, 5.41) is 12.8. The number of rotatable bonds is 5. The molecule has 4 nitrogen and oxygen atoms in total. The zero-order chi connectivity index (χ0) is 17.7. The number of carbonyl (C=O) groups is 1. The number of halogens is 3.